The Morgan fingerprint density at radius 3 is 2.58 bits per heavy atom. The molecule has 8 heteroatoms. The van der Waals surface area contributed by atoms with Gasteiger partial charge in [0.05, 0.1) is 17.1 Å². The van der Waals surface area contributed by atoms with E-state index in [0.717, 1.165) is 16.3 Å². The molecule has 0 saturated heterocycles. The van der Waals surface area contributed by atoms with E-state index >= 15 is 0 Å². The minimum absolute atomic E-state index is 0.389. The van der Waals surface area contributed by atoms with Crippen LogP contribution in [0.4, 0.5) is 5.69 Å². The molecule has 1 aliphatic rings. The fraction of sp³-hybridized carbons (Fsp3) is 0.261. The minimum atomic E-state index is -1.18. The molecule has 3 aromatic rings. The topological polar surface area (TPSA) is 89.5 Å². The highest BCUT2D eigenvalue weighted by Gasteiger charge is 2.41. The zero-order valence-electron chi connectivity index (χ0n) is 17.4. The summed E-state index contributed by atoms with van der Waals surface area (Å²) in [5.41, 5.74) is 2.63. The van der Waals surface area contributed by atoms with Crippen LogP contribution in [0, 0.1) is 0 Å². The van der Waals surface area contributed by atoms with E-state index < -0.39 is 18.1 Å². The maximum absolute atomic E-state index is 13.1. The van der Waals surface area contributed by atoms with Gasteiger partial charge in [0.2, 0.25) is 0 Å². The number of nitrogens with zero attached hydrogens (tertiary/aromatic N) is 3. The highest BCUT2D eigenvalue weighted by molar-refractivity contribution is 7.13. The molecule has 1 unspecified atom stereocenters. The number of fused-ring (bicyclic) bond motifs is 1. The van der Waals surface area contributed by atoms with Gasteiger partial charge in [-0.1, -0.05) is 13.0 Å². The zero-order chi connectivity index (χ0) is 22.1. The number of carbonyl (C=O) groups excluding carboxylic acids is 3. The molecule has 3 heterocycles. The van der Waals surface area contributed by atoms with Crippen molar-refractivity contribution in [3.63, 3.8) is 0 Å². The molecule has 1 aromatic carbocycles. The average molecular weight is 436 g/mol. The number of ether oxygens (including phenoxy) is 1. The van der Waals surface area contributed by atoms with E-state index in [2.05, 4.69) is 9.97 Å². The van der Waals surface area contributed by atoms with Crippen LogP contribution < -0.4 is 9.64 Å². The molecular formula is C23H21N3O4S. The van der Waals surface area contributed by atoms with E-state index in [1.165, 1.54) is 30.1 Å². The first-order valence-corrected chi connectivity index (χ1v) is 10.8. The third-order valence-corrected chi connectivity index (χ3v) is 5.95. The second-order valence-corrected chi connectivity index (χ2v) is 8.14. The number of ketones is 2. The third-order valence-electron chi connectivity index (χ3n) is 5.08. The van der Waals surface area contributed by atoms with Crippen molar-refractivity contribution in [3.8, 4) is 27.7 Å². The molecular weight excluding hydrogens is 414 g/mol. The molecule has 4 rings (SSSR count). The van der Waals surface area contributed by atoms with Crippen molar-refractivity contribution in [2.24, 2.45) is 0 Å². The van der Waals surface area contributed by atoms with Crippen molar-refractivity contribution in [1.29, 1.82) is 0 Å². The molecule has 0 aliphatic carbocycles. The molecule has 0 saturated carbocycles. The van der Waals surface area contributed by atoms with Gasteiger partial charge in [0.15, 0.2) is 23.7 Å². The summed E-state index contributed by atoms with van der Waals surface area (Å²) in [5, 5.41) is 2.68. The molecule has 0 fully saturated rings. The Morgan fingerprint density at radius 1 is 1.16 bits per heavy atom. The fourth-order valence-corrected chi connectivity index (χ4v) is 4.43. The standard InChI is InChI=1S/C23H21N3O4S/c1-4-19-23(29)26(21(13(2)27)14(3)28)18-11-15(8-9-20(18)30-19)17-12-31-22(25-17)16-7-5-6-10-24-16/h5-12,19,21H,4H2,1-3H3. The van der Waals surface area contributed by atoms with Crippen LogP contribution in [0.2, 0.25) is 0 Å². The summed E-state index contributed by atoms with van der Waals surface area (Å²) in [5.74, 6) is -0.710. The zero-order valence-corrected chi connectivity index (χ0v) is 18.2. The predicted molar refractivity (Wildman–Crippen MR) is 118 cm³/mol. The lowest BCUT2D eigenvalue weighted by atomic mass is 10.0. The number of carbonyl (C=O) groups is 3. The summed E-state index contributed by atoms with van der Waals surface area (Å²) in [6.45, 7) is 4.46. The maximum atomic E-state index is 13.1. The Kier molecular flexibility index (Phi) is 5.65. The Morgan fingerprint density at radius 2 is 1.94 bits per heavy atom. The molecule has 7 nitrogen and oxygen atoms in total. The lowest BCUT2D eigenvalue weighted by Gasteiger charge is -2.37. The number of aromatic nitrogens is 2. The second-order valence-electron chi connectivity index (χ2n) is 7.28. The lowest BCUT2D eigenvalue weighted by Crippen LogP contribution is -2.55. The van der Waals surface area contributed by atoms with Crippen molar-refractivity contribution >= 4 is 34.5 Å². The van der Waals surface area contributed by atoms with Crippen molar-refractivity contribution < 1.29 is 19.1 Å². The number of rotatable bonds is 6. The number of benzene rings is 1. The van der Waals surface area contributed by atoms with Gasteiger partial charge < -0.3 is 4.74 Å². The number of amides is 1. The fourth-order valence-electron chi connectivity index (χ4n) is 3.63. The number of Topliss-reactive ketones (excluding diaryl/α,β-unsaturated/α-hetero) is 2. The van der Waals surface area contributed by atoms with Crippen molar-refractivity contribution in [1.82, 2.24) is 9.97 Å². The summed E-state index contributed by atoms with van der Waals surface area (Å²) >= 11 is 1.46. The number of thiazole rings is 1. The molecule has 31 heavy (non-hydrogen) atoms. The predicted octanol–water partition coefficient (Wildman–Crippen LogP) is 3.92. The van der Waals surface area contributed by atoms with Crippen LogP contribution >= 0.6 is 11.3 Å². The summed E-state index contributed by atoms with van der Waals surface area (Å²) in [6.07, 6.45) is 1.40. The second kappa shape index (κ2) is 8.39. The van der Waals surface area contributed by atoms with Gasteiger partial charge in [0, 0.05) is 17.1 Å². The summed E-state index contributed by atoms with van der Waals surface area (Å²) in [6, 6.07) is 9.80. The average Bonchev–Trinajstić information content (AvgIpc) is 3.25. The van der Waals surface area contributed by atoms with Crippen molar-refractivity contribution in [2.75, 3.05) is 4.90 Å². The molecule has 0 spiro atoms. The van der Waals surface area contributed by atoms with Gasteiger partial charge in [-0.05, 0) is 50.6 Å². The largest absolute Gasteiger partial charge is 0.478 e. The van der Waals surface area contributed by atoms with Gasteiger partial charge in [-0.3, -0.25) is 24.3 Å². The highest BCUT2D eigenvalue weighted by Crippen LogP contribution is 2.40. The van der Waals surface area contributed by atoms with Gasteiger partial charge in [0.25, 0.3) is 5.91 Å². The summed E-state index contributed by atoms with van der Waals surface area (Å²) in [7, 11) is 0. The molecule has 1 atom stereocenters. The Hall–Kier alpha value is -3.39. The highest BCUT2D eigenvalue weighted by atomic mass is 32.1. The normalized spacial score (nSPS) is 15.5. The lowest BCUT2D eigenvalue weighted by molar-refractivity contribution is -0.134. The van der Waals surface area contributed by atoms with Crippen LogP contribution in [0.1, 0.15) is 27.2 Å². The maximum Gasteiger partial charge on any atom is 0.269 e. The van der Waals surface area contributed by atoms with E-state index in [1.54, 1.807) is 18.3 Å². The number of anilines is 1. The van der Waals surface area contributed by atoms with Gasteiger partial charge in [0.1, 0.15) is 10.8 Å². The molecule has 0 bridgehead atoms. The molecule has 1 amide bonds. The van der Waals surface area contributed by atoms with Gasteiger partial charge in [-0.15, -0.1) is 11.3 Å². The molecule has 0 radical (unpaired) electrons. The van der Waals surface area contributed by atoms with E-state index in [0.29, 0.717) is 23.6 Å². The van der Waals surface area contributed by atoms with E-state index in [-0.39, 0.29) is 11.6 Å². The number of hydrogen-bond acceptors (Lipinski definition) is 7. The van der Waals surface area contributed by atoms with Crippen molar-refractivity contribution in [2.45, 2.75) is 39.3 Å². The van der Waals surface area contributed by atoms with Crippen LogP contribution in [0.3, 0.4) is 0 Å². The van der Waals surface area contributed by atoms with Crippen LogP contribution in [0.25, 0.3) is 22.0 Å². The molecule has 158 valence electrons. The van der Waals surface area contributed by atoms with Crippen molar-refractivity contribution in [3.05, 3.63) is 48.0 Å². The first-order chi connectivity index (χ1) is 14.9. The van der Waals surface area contributed by atoms with Gasteiger partial charge in [-0.25, -0.2) is 4.98 Å². The Labute approximate surface area is 183 Å². The molecule has 0 N–H and O–H groups in total. The quantitative estimate of drug-likeness (QED) is 0.545. The SMILES string of the molecule is CCC1Oc2ccc(-c3csc(-c4ccccn4)n3)cc2N(C(C(C)=O)C(C)=O)C1=O. The molecule has 2 aromatic heterocycles. The van der Waals surface area contributed by atoms with Crippen LogP contribution in [0.5, 0.6) is 5.75 Å². The third kappa shape index (κ3) is 3.86. The smallest absolute Gasteiger partial charge is 0.269 e. The minimum Gasteiger partial charge on any atom is -0.478 e. The van der Waals surface area contributed by atoms with Gasteiger partial charge >= 0.3 is 0 Å². The van der Waals surface area contributed by atoms with Crippen LogP contribution in [-0.2, 0) is 14.4 Å². The summed E-state index contributed by atoms with van der Waals surface area (Å²) < 4.78 is 5.86. The first-order valence-electron chi connectivity index (χ1n) is 9.92. The van der Waals surface area contributed by atoms with E-state index in [1.807, 2.05) is 36.6 Å². The van der Waals surface area contributed by atoms with Gasteiger partial charge in [-0.2, -0.15) is 0 Å². The number of hydrogen-bond donors (Lipinski definition) is 0. The first kappa shape index (κ1) is 20.9. The monoisotopic (exact) mass is 435 g/mol. The molecule has 1 aliphatic heterocycles. The Balaban J connectivity index is 1.79. The van der Waals surface area contributed by atoms with E-state index in [9.17, 15) is 14.4 Å². The number of pyridine rings is 1. The van der Waals surface area contributed by atoms with Crippen LogP contribution in [-0.4, -0.2) is 39.6 Å². The Bertz CT molecular complexity index is 1140. The van der Waals surface area contributed by atoms with E-state index in [4.69, 9.17) is 4.74 Å². The van der Waals surface area contributed by atoms with Crippen LogP contribution in [0.15, 0.2) is 48.0 Å². The summed E-state index contributed by atoms with van der Waals surface area (Å²) in [4.78, 5) is 47.9.